The summed E-state index contributed by atoms with van der Waals surface area (Å²) in [6.45, 7) is 1.43. The van der Waals surface area contributed by atoms with Crippen LogP contribution in [0.3, 0.4) is 0 Å². The Balaban J connectivity index is 3.22. The van der Waals surface area contributed by atoms with E-state index in [4.69, 9.17) is 9.47 Å². The summed E-state index contributed by atoms with van der Waals surface area (Å²) in [5.41, 5.74) is 0.349. The molecule has 0 aliphatic rings. The van der Waals surface area contributed by atoms with E-state index in [1.807, 2.05) is 0 Å². The van der Waals surface area contributed by atoms with Crippen molar-refractivity contribution in [3.63, 3.8) is 0 Å². The molecule has 8 heteroatoms. The van der Waals surface area contributed by atoms with Crippen LogP contribution in [-0.2, 0) is 9.53 Å². The number of nitrogens with one attached hydrogen (secondary N) is 1. The van der Waals surface area contributed by atoms with Crippen molar-refractivity contribution in [2.24, 2.45) is 0 Å². The molecule has 0 spiro atoms. The first-order valence-electron chi connectivity index (χ1n) is 6.17. The molecule has 0 bridgehead atoms. The van der Waals surface area contributed by atoms with E-state index in [1.54, 1.807) is 14.0 Å². The maximum atomic E-state index is 11.2. The normalized spacial score (nSPS) is 11.6. The first kappa shape index (κ1) is 16.7. The van der Waals surface area contributed by atoms with Gasteiger partial charge in [0.2, 0.25) is 0 Å². The Morgan fingerprint density at radius 1 is 1.38 bits per heavy atom. The Hall–Kier alpha value is -2.35. The molecule has 0 amide bonds. The van der Waals surface area contributed by atoms with Crippen LogP contribution in [0.5, 0.6) is 11.5 Å². The lowest BCUT2D eigenvalue weighted by molar-refractivity contribution is -0.385. The summed E-state index contributed by atoms with van der Waals surface area (Å²) in [7, 11) is 4.34. The number of carbonyl (C=O) groups excluding carboxylic acids is 1. The number of esters is 1. The number of hydrogen-bond donors (Lipinski definition) is 1. The first-order valence-corrected chi connectivity index (χ1v) is 6.17. The van der Waals surface area contributed by atoms with Crippen molar-refractivity contribution >= 4 is 11.7 Å². The van der Waals surface area contributed by atoms with Gasteiger partial charge in [0.05, 0.1) is 30.8 Å². The van der Waals surface area contributed by atoms with Crippen LogP contribution in [0.15, 0.2) is 12.1 Å². The maximum Gasteiger partial charge on any atom is 0.343 e. The lowest BCUT2D eigenvalue weighted by Gasteiger charge is -2.15. The third kappa shape index (κ3) is 4.06. The molecule has 1 rings (SSSR count). The maximum absolute atomic E-state index is 11.2. The predicted molar refractivity (Wildman–Crippen MR) is 74.6 cm³/mol. The van der Waals surface area contributed by atoms with Crippen molar-refractivity contribution in [1.29, 1.82) is 0 Å². The van der Waals surface area contributed by atoms with E-state index in [2.05, 4.69) is 10.1 Å². The third-order valence-corrected chi connectivity index (χ3v) is 2.98. The van der Waals surface area contributed by atoms with E-state index >= 15 is 0 Å². The van der Waals surface area contributed by atoms with Crippen LogP contribution in [0.25, 0.3) is 0 Å². The van der Waals surface area contributed by atoms with E-state index in [1.165, 1.54) is 26.4 Å². The fourth-order valence-electron chi connectivity index (χ4n) is 1.69. The van der Waals surface area contributed by atoms with Crippen molar-refractivity contribution in [1.82, 2.24) is 5.32 Å². The van der Waals surface area contributed by atoms with Gasteiger partial charge in [-0.3, -0.25) is 10.1 Å². The van der Waals surface area contributed by atoms with Gasteiger partial charge in [-0.05, 0) is 20.0 Å². The monoisotopic (exact) mass is 298 g/mol. The van der Waals surface area contributed by atoms with Crippen molar-refractivity contribution in [2.45, 2.75) is 13.0 Å². The molecule has 0 aliphatic carbocycles. The summed E-state index contributed by atoms with van der Waals surface area (Å²) in [6.07, 6.45) is 0. The number of methoxy groups -OCH3 is 2. The molecular weight excluding hydrogens is 280 g/mol. The molecule has 1 unspecified atom stereocenters. The number of nitrogens with zero attached hydrogens (tertiary/aromatic N) is 1. The Bertz CT molecular complexity index is 532. The highest BCUT2D eigenvalue weighted by Crippen LogP contribution is 2.37. The van der Waals surface area contributed by atoms with Crippen LogP contribution in [0.1, 0.15) is 18.5 Å². The average Bonchev–Trinajstić information content (AvgIpc) is 2.50. The highest BCUT2D eigenvalue weighted by Gasteiger charge is 2.23. The third-order valence-electron chi connectivity index (χ3n) is 2.98. The number of carbonyl (C=O) groups is 1. The van der Waals surface area contributed by atoms with E-state index in [9.17, 15) is 14.9 Å². The van der Waals surface area contributed by atoms with Crippen LogP contribution < -0.4 is 14.8 Å². The van der Waals surface area contributed by atoms with Gasteiger partial charge in [0.15, 0.2) is 18.1 Å². The summed E-state index contributed by atoms with van der Waals surface area (Å²) in [6, 6.07) is 2.52. The van der Waals surface area contributed by atoms with Gasteiger partial charge >= 0.3 is 5.97 Å². The van der Waals surface area contributed by atoms with Gasteiger partial charge in [0, 0.05) is 6.04 Å². The molecule has 0 saturated carbocycles. The molecule has 21 heavy (non-hydrogen) atoms. The molecule has 1 atom stereocenters. The molecule has 0 saturated heterocycles. The topological polar surface area (TPSA) is 99.9 Å². The molecule has 1 aromatic rings. The molecule has 8 nitrogen and oxygen atoms in total. The van der Waals surface area contributed by atoms with E-state index in [0.717, 1.165) is 0 Å². The Morgan fingerprint density at radius 2 is 2.05 bits per heavy atom. The fourth-order valence-corrected chi connectivity index (χ4v) is 1.69. The van der Waals surface area contributed by atoms with E-state index in [-0.39, 0.29) is 24.1 Å². The van der Waals surface area contributed by atoms with Gasteiger partial charge in [0.1, 0.15) is 0 Å². The summed E-state index contributed by atoms with van der Waals surface area (Å²) >= 11 is 0. The van der Waals surface area contributed by atoms with Crippen molar-refractivity contribution < 1.29 is 23.9 Å². The fraction of sp³-hybridized carbons (Fsp3) is 0.462. The van der Waals surface area contributed by atoms with Crippen LogP contribution in [0.2, 0.25) is 0 Å². The van der Waals surface area contributed by atoms with Crippen molar-refractivity contribution in [2.75, 3.05) is 27.9 Å². The van der Waals surface area contributed by atoms with Crippen LogP contribution >= 0.6 is 0 Å². The molecule has 0 radical (unpaired) electrons. The Kier molecular flexibility index (Phi) is 5.92. The average molecular weight is 298 g/mol. The minimum atomic E-state index is -0.590. The lowest BCUT2D eigenvalue weighted by atomic mass is 10.1. The second kappa shape index (κ2) is 7.44. The second-order valence-electron chi connectivity index (χ2n) is 4.19. The minimum absolute atomic E-state index is 0.113. The zero-order valence-electron chi connectivity index (χ0n) is 12.3. The van der Waals surface area contributed by atoms with Gasteiger partial charge in [-0.15, -0.1) is 0 Å². The molecular formula is C13H18N2O6. The minimum Gasteiger partial charge on any atom is -0.493 e. The number of rotatable bonds is 7. The van der Waals surface area contributed by atoms with Gasteiger partial charge in [-0.25, -0.2) is 4.79 Å². The first-order chi connectivity index (χ1) is 9.94. The van der Waals surface area contributed by atoms with Crippen LogP contribution in [0, 0.1) is 10.1 Å². The molecule has 0 aliphatic heterocycles. The van der Waals surface area contributed by atoms with Crippen LogP contribution in [0.4, 0.5) is 5.69 Å². The van der Waals surface area contributed by atoms with E-state index in [0.29, 0.717) is 11.3 Å². The highest BCUT2D eigenvalue weighted by atomic mass is 16.6. The molecule has 0 aromatic heterocycles. The summed E-state index contributed by atoms with van der Waals surface area (Å²) < 4.78 is 14.8. The zero-order valence-corrected chi connectivity index (χ0v) is 12.3. The van der Waals surface area contributed by atoms with Crippen LogP contribution in [-0.4, -0.2) is 38.8 Å². The van der Waals surface area contributed by atoms with Gasteiger partial charge in [-0.1, -0.05) is 0 Å². The molecule has 116 valence electrons. The molecule has 1 N–H and O–H groups in total. The van der Waals surface area contributed by atoms with E-state index < -0.39 is 10.9 Å². The highest BCUT2D eigenvalue weighted by molar-refractivity contribution is 5.71. The predicted octanol–water partition coefficient (Wildman–Crippen LogP) is 1.44. The Morgan fingerprint density at radius 3 is 2.52 bits per heavy atom. The van der Waals surface area contributed by atoms with Crippen molar-refractivity contribution in [3.05, 3.63) is 27.8 Å². The standard InChI is InChI=1S/C13H18N2O6/c1-8(14-2)9-5-11(19-3)12(6-10(9)15(17)18)21-7-13(16)20-4/h5-6,8,14H,7H2,1-4H3. The molecule has 0 heterocycles. The summed E-state index contributed by atoms with van der Waals surface area (Å²) in [5.74, 6) is -0.171. The van der Waals surface area contributed by atoms with Gasteiger partial charge in [0.25, 0.3) is 5.69 Å². The largest absolute Gasteiger partial charge is 0.493 e. The number of nitro benzene ring substituents is 1. The molecule has 1 aromatic carbocycles. The lowest BCUT2D eigenvalue weighted by Crippen LogP contribution is -2.16. The SMILES string of the molecule is CNC(C)c1cc(OC)c(OCC(=O)OC)cc1[N+](=O)[O-]. The number of hydrogen-bond acceptors (Lipinski definition) is 7. The van der Waals surface area contributed by atoms with Gasteiger partial charge < -0.3 is 19.5 Å². The second-order valence-corrected chi connectivity index (χ2v) is 4.19. The zero-order chi connectivity index (χ0) is 16.0. The number of benzene rings is 1. The number of ether oxygens (including phenoxy) is 3. The number of nitro groups is 1. The summed E-state index contributed by atoms with van der Waals surface area (Å²) in [4.78, 5) is 21.8. The molecule has 0 fully saturated rings. The smallest absolute Gasteiger partial charge is 0.343 e. The quantitative estimate of drug-likeness (QED) is 0.462. The van der Waals surface area contributed by atoms with Crippen molar-refractivity contribution in [3.8, 4) is 11.5 Å². The van der Waals surface area contributed by atoms with Gasteiger partial charge in [-0.2, -0.15) is 0 Å². The Labute approximate surface area is 122 Å². The summed E-state index contributed by atoms with van der Waals surface area (Å²) in [5, 5.41) is 14.1.